The summed E-state index contributed by atoms with van der Waals surface area (Å²) < 4.78 is 34.6. The third-order valence-corrected chi connectivity index (χ3v) is 5.55. The summed E-state index contributed by atoms with van der Waals surface area (Å²) in [6.45, 7) is 5.11. The van der Waals surface area contributed by atoms with Gasteiger partial charge < -0.3 is 4.74 Å². The molecule has 6 heteroatoms. The molecule has 1 aromatic rings. The van der Waals surface area contributed by atoms with Crippen LogP contribution in [0.1, 0.15) is 38.3 Å². The van der Waals surface area contributed by atoms with Crippen molar-refractivity contribution in [3.8, 4) is 5.75 Å². The molecule has 0 aromatic heterocycles. The highest BCUT2D eigenvalue weighted by Crippen LogP contribution is 2.26. The fourth-order valence-electron chi connectivity index (χ4n) is 2.75. The van der Waals surface area contributed by atoms with Crippen LogP contribution < -0.4 is 9.46 Å². The average molecular weight is 312 g/mol. The van der Waals surface area contributed by atoms with Gasteiger partial charge in [0.1, 0.15) is 5.75 Å². The molecule has 21 heavy (non-hydrogen) atoms. The van der Waals surface area contributed by atoms with Gasteiger partial charge in [0.15, 0.2) is 0 Å². The van der Waals surface area contributed by atoms with Gasteiger partial charge in [-0.2, -0.15) is 17.4 Å². The second-order valence-electron chi connectivity index (χ2n) is 5.69. The summed E-state index contributed by atoms with van der Waals surface area (Å²) in [6.07, 6.45) is 2.01. The summed E-state index contributed by atoms with van der Waals surface area (Å²) in [5.41, 5.74) is 0.841. The Bertz CT molecular complexity index is 574. The van der Waals surface area contributed by atoms with Crippen molar-refractivity contribution >= 4 is 10.2 Å². The normalized spacial score (nSPS) is 22.0. The molecule has 5 nitrogen and oxygen atoms in total. The number of hydrogen-bond donors (Lipinski definition) is 1. The molecule has 0 bridgehead atoms. The van der Waals surface area contributed by atoms with Crippen molar-refractivity contribution in [2.24, 2.45) is 5.92 Å². The molecular formula is C15H24N2O3S. The number of nitrogens with zero attached hydrogens (tertiary/aromatic N) is 1. The Labute approximate surface area is 127 Å². The van der Waals surface area contributed by atoms with E-state index in [1.54, 1.807) is 11.4 Å². The molecule has 0 amide bonds. The Morgan fingerprint density at radius 2 is 2.10 bits per heavy atom. The van der Waals surface area contributed by atoms with E-state index in [2.05, 4.69) is 11.6 Å². The van der Waals surface area contributed by atoms with E-state index >= 15 is 0 Å². The van der Waals surface area contributed by atoms with Crippen LogP contribution in [0.25, 0.3) is 0 Å². The third-order valence-electron chi connectivity index (χ3n) is 3.89. The molecule has 1 aliphatic heterocycles. The molecule has 2 rings (SSSR count). The van der Waals surface area contributed by atoms with Crippen LogP contribution in [0.15, 0.2) is 24.3 Å². The first kappa shape index (κ1) is 16.3. The highest BCUT2D eigenvalue weighted by molar-refractivity contribution is 7.87. The fourth-order valence-corrected chi connectivity index (χ4v) is 4.29. The van der Waals surface area contributed by atoms with E-state index in [9.17, 15) is 8.42 Å². The van der Waals surface area contributed by atoms with Gasteiger partial charge in [-0.1, -0.05) is 25.1 Å². The number of piperidine rings is 1. The monoisotopic (exact) mass is 312 g/mol. The van der Waals surface area contributed by atoms with Gasteiger partial charge in [0.2, 0.25) is 0 Å². The van der Waals surface area contributed by atoms with Crippen LogP contribution in [0.2, 0.25) is 0 Å². The van der Waals surface area contributed by atoms with Crippen LogP contribution in [0.5, 0.6) is 5.75 Å². The highest BCUT2D eigenvalue weighted by Gasteiger charge is 2.28. The number of rotatable bonds is 5. The minimum Gasteiger partial charge on any atom is -0.496 e. The molecule has 1 N–H and O–H groups in total. The van der Waals surface area contributed by atoms with Crippen molar-refractivity contribution in [1.29, 1.82) is 0 Å². The number of benzene rings is 1. The lowest BCUT2D eigenvalue weighted by molar-refractivity contribution is 0.277. The number of hydrogen-bond acceptors (Lipinski definition) is 3. The first-order valence-electron chi connectivity index (χ1n) is 7.34. The lowest BCUT2D eigenvalue weighted by Gasteiger charge is -2.31. The largest absolute Gasteiger partial charge is 0.496 e. The van der Waals surface area contributed by atoms with Crippen LogP contribution >= 0.6 is 0 Å². The zero-order valence-corrected chi connectivity index (χ0v) is 13.7. The fraction of sp³-hybridized carbons (Fsp3) is 0.600. The van der Waals surface area contributed by atoms with Gasteiger partial charge in [-0.05, 0) is 31.7 Å². The highest BCUT2D eigenvalue weighted by atomic mass is 32.2. The summed E-state index contributed by atoms with van der Waals surface area (Å²) in [5, 5.41) is 0. The molecule has 0 radical (unpaired) electrons. The Balaban J connectivity index is 2.12. The number of para-hydroxylation sites is 1. The first-order chi connectivity index (χ1) is 9.94. The van der Waals surface area contributed by atoms with Gasteiger partial charge in [-0.25, -0.2) is 0 Å². The van der Waals surface area contributed by atoms with Gasteiger partial charge in [-0.3, -0.25) is 0 Å². The van der Waals surface area contributed by atoms with E-state index in [1.807, 2.05) is 31.2 Å². The molecular weight excluding hydrogens is 288 g/mol. The third kappa shape index (κ3) is 3.96. The minimum absolute atomic E-state index is 0.330. The second kappa shape index (κ2) is 6.77. The molecule has 1 fully saturated rings. The van der Waals surface area contributed by atoms with Crippen molar-refractivity contribution in [3.63, 3.8) is 0 Å². The van der Waals surface area contributed by atoms with Crippen LogP contribution in [-0.2, 0) is 10.2 Å². The molecule has 1 aliphatic rings. The number of nitrogens with one attached hydrogen (secondary N) is 1. The Morgan fingerprint density at radius 3 is 2.76 bits per heavy atom. The van der Waals surface area contributed by atoms with Crippen molar-refractivity contribution in [3.05, 3.63) is 29.8 Å². The van der Waals surface area contributed by atoms with E-state index in [-0.39, 0.29) is 6.04 Å². The van der Waals surface area contributed by atoms with E-state index in [4.69, 9.17) is 4.74 Å². The van der Waals surface area contributed by atoms with E-state index in [1.165, 1.54) is 0 Å². The molecule has 1 heterocycles. The van der Waals surface area contributed by atoms with Gasteiger partial charge in [0.05, 0.1) is 7.11 Å². The lowest BCUT2D eigenvalue weighted by Crippen LogP contribution is -2.46. The van der Waals surface area contributed by atoms with Crippen molar-refractivity contribution < 1.29 is 13.2 Å². The Hall–Kier alpha value is -1.11. The molecule has 2 atom stereocenters. The summed E-state index contributed by atoms with van der Waals surface area (Å²) in [7, 11) is -1.87. The van der Waals surface area contributed by atoms with Crippen LogP contribution in [0.4, 0.5) is 0 Å². The summed E-state index contributed by atoms with van der Waals surface area (Å²) in [4.78, 5) is 0. The smallest absolute Gasteiger partial charge is 0.280 e. The summed E-state index contributed by atoms with van der Waals surface area (Å²) >= 11 is 0. The minimum atomic E-state index is -3.46. The molecule has 0 spiro atoms. The Morgan fingerprint density at radius 1 is 1.38 bits per heavy atom. The average Bonchev–Trinajstić information content (AvgIpc) is 2.46. The second-order valence-corrected chi connectivity index (χ2v) is 7.39. The standard InChI is InChI=1S/C15H24N2O3S/c1-12-7-6-10-17(11-12)21(18,19)16-13(2)14-8-4-5-9-15(14)20-3/h4-5,8-9,12-13,16H,6-7,10-11H2,1-3H3/t12-,13-/m0/s1. The zero-order valence-electron chi connectivity index (χ0n) is 12.9. The maximum absolute atomic E-state index is 12.5. The quantitative estimate of drug-likeness (QED) is 0.908. The number of methoxy groups -OCH3 is 1. The maximum Gasteiger partial charge on any atom is 0.280 e. The van der Waals surface area contributed by atoms with Crippen molar-refractivity contribution in [2.45, 2.75) is 32.7 Å². The zero-order chi connectivity index (χ0) is 15.5. The van der Waals surface area contributed by atoms with E-state index in [0.29, 0.717) is 24.8 Å². The van der Waals surface area contributed by atoms with Gasteiger partial charge in [0, 0.05) is 24.7 Å². The molecule has 1 saturated heterocycles. The first-order valence-corrected chi connectivity index (χ1v) is 8.78. The van der Waals surface area contributed by atoms with Crippen LogP contribution in [0, 0.1) is 5.92 Å². The lowest BCUT2D eigenvalue weighted by atomic mass is 10.0. The molecule has 1 aromatic carbocycles. The predicted molar refractivity (Wildman–Crippen MR) is 83.4 cm³/mol. The van der Waals surface area contributed by atoms with Crippen molar-refractivity contribution in [2.75, 3.05) is 20.2 Å². The maximum atomic E-state index is 12.5. The van der Waals surface area contributed by atoms with E-state index in [0.717, 1.165) is 18.4 Å². The van der Waals surface area contributed by atoms with Crippen LogP contribution in [0.3, 0.4) is 0 Å². The van der Waals surface area contributed by atoms with Gasteiger partial charge in [-0.15, -0.1) is 0 Å². The van der Waals surface area contributed by atoms with Crippen LogP contribution in [-0.4, -0.2) is 32.9 Å². The summed E-state index contributed by atoms with van der Waals surface area (Å²) in [5.74, 6) is 1.11. The SMILES string of the molecule is COc1ccccc1[C@H](C)NS(=O)(=O)N1CCC[C@H](C)C1. The predicted octanol–water partition coefficient (Wildman–Crippen LogP) is 2.32. The van der Waals surface area contributed by atoms with E-state index < -0.39 is 10.2 Å². The van der Waals surface area contributed by atoms with Gasteiger partial charge in [0.25, 0.3) is 10.2 Å². The number of ether oxygens (including phenoxy) is 1. The summed E-state index contributed by atoms with van der Waals surface area (Å²) in [6, 6.07) is 7.14. The van der Waals surface area contributed by atoms with Gasteiger partial charge >= 0.3 is 0 Å². The Kier molecular flexibility index (Phi) is 5.24. The molecule has 0 saturated carbocycles. The van der Waals surface area contributed by atoms with Crippen molar-refractivity contribution in [1.82, 2.24) is 9.03 Å². The molecule has 0 unspecified atom stereocenters. The molecule has 0 aliphatic carbocycles. The molecule has 118 valence electrons. The topological polar surface area (TPSA) is 58.6 Å².